The van der Waals surface area contributed by atoms with Gasteiger partial charge in [0.05, 0.1) is 5.52 Å². The van der Waals surface area contributed by atoms with Gasteiger partial charge >= 0.3 is 0 Å². The van der Waals surface area contributed by atoms with Gasteiger partial charge in [0, 0.05) is 50.7 Å². The Kier molecular flexibility index (Phi) is 5.68. The van der Waals surface area contributed by atoms with E-state index in [1.807, 2.05) is 17.2 Å². The molecule has 1 saturated heterocycles. The van der Waals surface area contributed by atoms with Gasteiger partial charge < -0.3 is 4.90 Å². The zero-order chi connectivity index (χ0) is 19.3. The third-order valence-corrected chi connectivity index (χ3v) is 5.55. The van der Waals surface area contributed by atoms with Crippen LogP contribution in [0.15, 0.2) is 60.8 Å². The average Bonchev–Trinajstić information content (AvgIpc) is 2.73. The van der Waals surface area contributed by atoms with Crippen LogP contribution < -0.4 is 0 Å². The number of amides is 1. The van der Waals surface area contributed by atoms with Crippen LogP contribution in [0.1, 0.15) is 23.1 Å². The molecule has 0 aliphatic carbocycles. The van der Waals surface area contributed by atoms with Gasteiger partial charge in [-0.3, -0.25) is 14.7 Å². The van der Waals surface area contributed by atoms with E-state index in [1.54, 1.807) is 0 Å². The minimum atomic E-state index is 0.271. The van der Waals surface area contributed by atoms with Gasteiger partial charge in [-0.1, -0.05) is 54.1 Å². The van der Waals surface area contributed by atoms with Gasteiger partial charge in [-0.2, -0.15) is 0 Å². The van der Waals surface area contributed by atoms with Crippen LogP contribution in [-0.4, -0.2) is 46.9 Å². The maximum Gasteiger partial charge on any atom is 0.222 e. The van der Waals surface area contributed by atoms with Gasteiger partial charge in [-0.15, -0.1) is 0 Å². The lowest BCUT2D eigenvalue weighted by atomic mass is 10.1. The van der Waals surface area contributed by atoms with Crippen molar-refractivity contribution in [1.82, 2.24) is 14.8 Å². The molecule has 1 fully saturated rings. The van der Waals surface area contributed by atoms with Crippen molar-refractivity contribution in [3.05, 3.63) is 77.5 Å². The van der Waals surface area contributed by atoms with E-state index in [4.69, 9.17) is 0 Å². The van der Waals surface area contributed by atoms with Crippen molar-refractivity contribution >= 4 is 16.8 Å². The second-order valence-corrected chi connectivity index (χ2v) is 7.64. The lowest BCUT2D eigenvalue weighted by Gasteiger charge is -2.35. The molecule has 4 nitrogen and oxygen atoms in total. The highest BCUT2D eigenvalue weighted by atomic mass is 16.2. The molecule has 144 valence electrons. The number of hydrogen-bond donors (Lipinski definition) is 0. The summed E-state index contributed by atoms with van der Waals surface area (Å²) in [4.78, 5) is 21.6. The monoisotopic (exact) mass is 373 g/mol. The number of rotatable bonds is 5. The molecule has 28 heavy (non-hydrogen) atoms. The fourth-order valence-electron chi connectivity index (χ4n) is 3.97. The summed E-state index contributed by atoms with van der Waals surface area (Å²) < 4.78 is 0. The van der Waals surface area contributed by atoms with Crippen molar-refractivity contribution in [2.45, 2.75) is 26.3 Å². The Morgan fingerprint density at radius 2 is 1.79 bits per heavy atom. The molecule has 1 aromatic heterocycles. The molecular weight excluding hydrogens is 346 g/mol. The topological polar surface area (TPSA) is 36.4 Å². The SMILES string of the molecule is Cc1cccc(CCC(=O)N2CCN(Cc3cccc4cccnc34)CC2)c1. The van der Waals surface area contributed by atoms with Crippen LogP contribution in [0, 0.1) is 6.92 Å². The van der Waals surface area contributed by atoms with Crippen LogP contribution in [0.3, 0.4) is 0 Å². The number of piperazine rings is 1. The molecule has 0 spiro atoms. The normalized spacial score (nSPS) is 15.1. The summed E-state index contributed by atoms with van der Waals surface area (Å²) in [7, 11) is 0. The predicted molar refractivity (Wildman–Crippen MR) is 113 cm³/mol. The molecule has 0 unspecified atom stereocenters. The molecule has 4 rings (SSSR count). The number of pyridine rings is 1. The maximum absolute atomic E-state index is 12.6. The highest BCUT2D eigenvalue weighted by molar-refractivity contribution is 5.81. The molecule has 3 aromatic rings. The largest absolute Gasteiger partial charge is 0.340 e. The van der Waals surface area contributed by atoms with E-state index in [9.17, 15) is 4.79 Å². The van der Waals surface area contributed by atoms with E-state index in [-0.39, 0.29) is 5.91 Å². The molecule has 1 aliphatic heterocycles. The molecule has 0 radical (unpaired) electrons. The molecule has 0 atom stereocenters. The Labute approximate surface area is 166 Å². The number of hydrogen-bond acceptors (Lipinski definition) is 3. The molecule has 0 saturated carbocycles. The Bertz CT molecular complexity index is 955. The van der Waals surface area contributed by atoms with Gasteiger partial charge in [0.15, 0.2) is 0 Å². The third kappa shape index (κ3) is 4.39. The number of carbonyl (C=O) groups excluding carboxylic acids is 1. The van der Waals surface area contributed by atoms with Crippen LogP contribution in [0.25, 0.3) is 10.9 Å². The number of para-hydroxylation sites is 1. The molecular formula is C24H27N3O. The lowest BCUT2D eigenvalue weighted by molar-refractivity contribution is -0.133. The third-order valence-electron chi connectivity index (χ3n) is 5.55. The van der Waals surface area contributed by atoms with Crippen LogP contribution >= 0.6 is 0 Å². The number of aryl methyl sites for hydroxylation is 2. The van der Waals surface area contributed by atoms with Gasteiger partial charge in [-0.05, 0) is 30.5 Å². The summed E-state index contributed by atoms with van der Waals surface area (Å²) in [6.07, 6.45) is 3.27. The fraction of sp³-hybridized carbons (Fsp3) is 0.333. The smallest absolute Gasteiger partial charge is 0.222 e. The van der Waals surface area contributed by atoms with Gasteiger partial charge in [0.2, 0.25) is 5.91 Å². The minimum Gasteiger partial charge on any atom is -0.340 e. The Morgan fingerprint density at radius 3 is 2.61 bits per heavy atom. The molecule has 4 heteroatoms. The molecule has 2 aromatic carbocycles. The summed E-state index contributed by atoms with van der Waals surface area (Å²) in [6.45, 7) is 6.43. The van der Waals surface area contributed by atoms with Gasteiger partial charge in [-0.25, -0.2) is 0 Å². The first-order valence-electron chi connectivity index (χ1n) is 10.1. The first kappa shape index (κ1) is 18.6. The number of nitrogens with zero attached hydrogens (tertiary/aromatic N) is 3. The van der Waals surface area contributed by atoms with Gasteiger partial charge in [0.1, 0.15) is 0 Å². The van der Waals surface area contributed by atoms with Gasteiger partial charge in [0.25, 0.3) is 0 Å². The van der Waals surface area contributed by atoms with E-state index >= 15 is 0 Å². The average molecular weight is 374 g/mol. The number of benzene rings is 2. The highest BCUT2D eigenvalue weighted by Crippen LogP contribution is 2.18. The second kappa shape index (κ2) is 8.53. The molecule has 0 bridgehead atoms. The van der Waals surface area contributed by atoms with Crippen LogP contribution in [0.4, 0.5) is 0 Å². The summed E-state index contributed by atoms with van der Waals surface area (Å²) >= 11 is 0. The first-order chi connectivity index (χ1) is 13.7. The van der Waals surface area contributed by atoms with E-state index in [1.165, 1.54) is 22.1 Å². The Balaban J connectivity index is 1.30. The number of fused-ring (bicyclic) bond motifs is 1. The quantitative estimate of drug-likeness (QED) is 0.682. The molecule has 1 aliphatic rings. The number of aromatic nitrogens is 1. The summed E-state index contributed by atoms with van der Waals surface area (Å²) in [5.74, 6) is 0.271. The standard InChI is InChI=1S/C24H27N3O/c1-19-5-2-6-20(17-19)10-11-23(28)27-15-13-26(14-16-27)18-22-8-3-7-21-9-4-12-25-24(21)22/h2-9,12,17H,10-11,13-16,18H2,1H3. The first-order valence-corrected chi connectivity index (χ1v) is 10.1. The fourth-order valence-corrected chi connectivity index (χ4v) is 3.97. The van der Waals surface area contributed by atoms with Crippen LogP contribution in [-0.2, 0) is 17.8 Å². The van der Waals surface area contributed by atoms with Crippen LogP contribution in [0.5, 0.6) is 0 Å². The van der Waals surface area contributed by atoms with Crippen molar-refractivity contribution in [3.8, 4) is 0 Å². The maximum atomic E-state index is 12.6. The van der Waals surface area contributed by atoms with Crippen molar-refractivity contribution in [2.75, 3.05) is 26.2 Å². The van der Waals surface area contributed by atoms with Crippen LogP contribution in [0.2, 0.25) is 0 Å². The minimum absolute atomic E-state index is 0.271. The van der Waals surface area contributed by atoms with Crippen molar-refractivity contribution in [1.29, 1.82) is 0 Å². The Hall–Kier alpha value is -2.72. The predicted octanol–water partition coefficient (Wildman–Crippen LogP) is 3.82. The molecule has 0 N–H and O–H groups in total. The van der Waals surface area contributed by atoms with Crippen molar-refractivity contribution in [2.24, 2.45) is 0 Å². The van der Waals surface area contributed by atoms with Crippen molar-refractivity contribution < 1.29 is 4.79 Å². The van der Waals surface area contributed by atoms with E-state index in [2.05, 4.69) is 65.3 Å². The zero-order valence-electron chi connectivity index (χ0n) is 16.5. The summed E-state index contributed by atoms with van der Waals surface area (Å²) in [5, 5.41) is 1.19. The summed E-state index contributed by atoms with van der Waals surface area (Å²) in [6, 6.07) is 18.9. The Morgan fingerprint density at radius 1 is 1.00 bits per heavy atom. The number of carbonyl (C=O) groups is 1. The molecule has 2 heterocycles. The highest BCUT2D eigenvalue weighted by Gasteiger charge is 2.21. The second-order valence-electron chi connectivity index (χ2n) is 7.64. The van der Waals surface area contributed by atoms with E-state index in [0.29, 0.717) is 6.42 Å². The summed E-state index contributed by atoms with van der Waals surface area (Å²) in [5.41, 5.74) is 4.84. The van der Waals surface area contributed by atoms with Crippen molar-refractivity contribution in [3.63, 3.8) is 0 Å². The lowest BCUT2D eigenvalue weighted by Crippen LogP contribution is -2.48. The molecule has 1 amide bonds. The zero-order valence-corrected chi connectivity index (χ0v) is 16.5. The van der Waals surface area contributed by atoms with E-state index in [0.717, 1.165) is 44.7 Å². The van der Waals surface area contributed by atoms with E-state index < -0.39 is 0 Å².